The highest BCUT2D eigenvalue weighted by atomic mass is 16.3. The summed E-state index contributed by atoms with van der Waals surface area (Å²) in [7, 11) is 0. The van der Waals surface area contributed by atoms with Crippen LogP contribution >= 0.6 is 0 Å². The third-order valence-corrected chi connectivity index (χ3v) is 3.00. The van der Waals surface area contributed by atoms with Crippen LogP contribution in [0, 0.1) is 5.92 Å². The van der Waals surface area contributed by atoms with Gasteiger partial charge in [0, 0.05) is 0 Å². The number of hydrogen-bond acceptors (Lipinski definition) is 3. The molecule has 0 bridgehead atoms. The third-order valence-electron chi connectivity index (χ3n) is 3.00. The molecule has 3 amide bonds. The molecule has 0 fully saturated rings. The molecule has 0 aliphatic rings. The number of carbonyl (C=O) groups is 2. The van der Waals surface area contributed by atoms with E-state index in [1.807, 2.05) is 19.9 Å². The Hall–Kier alpha value is -2.08. The van der Waals surface area contributed by atoms with Gasteiger partial charge in [-0.1, -0.05) is 44.2 Å². The zero-order valence-corrected chi connectivity index (χ0v) is 12.4. The average Bonchev–Trinajstić information content (AvgIpc) is 2.44. The van der Waals surface area contributed by atoms with Crippen LogP contribution in [0.1, 0.15) is 31.9 Å². The highest BCUT2D eigenvalue weighted by molar-refractivity contribution is 5.87. The molecule has 0 saturated carbocycles. The van der Waals surface area contributed by atoms with E-state index in [1.165, 1.54) is 0 Å². The lowest BCUT2D eigenvalue weighted by Crippen LogP contribution is -2.47. The number of carbonyl (C=O) groups excluding carboxylic acids is 2. The quantitative estimate of drug-likeness (QED) is 0.601. The van der Waals surface area contributed by atoms with E-state index in [2.05, 4.69) is 10.6 Å². The van der Waals surface area contributed by atoms with Gasteiger partial charge in [0.25, 0.3) is 0 Å². The maximum absolute atomic E-state index is 12.3. The Labute approximate surface area is 124 Å². The van der Waals surface area contributed by atoms with E-state index >= 15 is 0 Å². The summed E-state index contributed by atoms with van der Waals surface area (Å²) in [6.07, 6.45) is 0.653. The number of amides is 3. The van der Waals surface area contributed by atoms with E-state index in [0.29, 0.717) is 17.9 Å². The lowest BCUT2D eigenvalue weighted by atomic mass is 10.0. The molecule has 1 rings (SSSR count). The van der Waals surface area contributed by atoms with Gasteiger partial charge in [-0.2, -0.15) is 0 Å². The number of aliphatic hydroxyl groups is 1. The number of nitrogens with one attached hydrogen (secondary N) is 2. The van der Waals surface area contributed by atoms with Crippen LogP contribution < -0.4 is 16.4 Å². The largest absolute Gasteiger partial charge is 0.394 e. The molecule has 116 valence electrons. The standard InChI is InChI=1S/C15H23N3O3/c1-10(2)8-12(9-19)17-14(20)13(18-15(16)21)11-6-4-3-5-7-11/h3-7,10,12-13,19H,8-9H2,1-2H3,(H,17,20)(H3,16,18,21). The maximum atomic E-state index is 12.3. The fourth-order valence-corrected chi connectivity index (χ4v) is 2.12. The summed E-state index contributed by atoms with van der Waals surface area (Å²) in [5.74, 6) is -0.0542. The second kappa shape index (κ2) is 8.26. The second-order valence-corrected chi connectivity index (χ2v) is 5.37. The molecule has 6 heteroatoms. The fourth-order valence-electron chi connectivity index (χ4n) is 2.12. The van der Waals surface area contributed by atoms with Crippen LogP contribution in [-0.2, 0) is 4.79 Å². The van der Waals surface area contributed by atoms with E-state index in [-0.39, 0.29) is 18.6 Å². The minimum absolute atomic E-state index is 0.151. The van der Waals surface area contributed by atoms with Crippen LogP contribution in [0.5, 0.6) is 0 Å². The van der Waals surface area contributed by atoms with Crippen LogP contribution in [0.3, 0.4) is 0 Å². The van der Waals surface area contributed by atoms with Crippen molar-refractivity contribution in [3.63, 3.8) is 0 Å². The predicted octanol–water partition coefficient (Wildman–Crippen LogP) is 0.919. The zero-order valence-electron chi connectivity index (χ0n) is 12.4. The smallest absolute Gasteiger partial charge is 0.313 e. The molecule has 0 heterocycles. The van der Waals surface area contributed by atoms with Gasteiger partial charge in [-0.15, -0.1) is 0 Å². The first-order valence-corrected chi connectivity index (χ1v) is 6.96. The first kappa shape index (κ1) is 17.0. The minimum Gasteiger partial charge on any atom is -0.394 e. The van der Waals surface area contributed by atoms with Crippen molar-refractivity contribution in [2.24, 2.45) is 11.7 Å². The van der Waals surface area contributed by atoms with Crippen LogP contribution in [0.25, 0.3) is 0 Å². The molecule has 0 aliphatic carbocycles. The van der Waals surface area contributed by atoms with Gasteiger partial charge >= 0.3 is 6.03 Å². The first-order chi connectivity index (χ1) is 9.93. The molecule has 2 unspecified atom stereocenters. The maximum Gasteiger partial charge on any atom is 0.313 e. The Morgan fingerprint density at radius 1 is 1.19 bits per heavy atom. The van der Waals surface area contributed by atoms with E-state index in [9.17, 15) is 14.7 Å². The summed E-state index contributed by atoms with van der Waals surface area (Å²) in [5, 5.41) is 14.5. The number of urea groups is 1. The fraction of sp³-hybridized carbons (Fsp3) is 0.467. The Morgan fingerprint density at radius 3 is 2.29 bits per heavy atom. The van der Waals surface area contributed by atoms with Crippen molar-refractivity contribution in [1.29, 1.82) is 0 Å². The number of primary amides is 1. The molecule has 5 N–H and O–H groups in total. The van der Waals surface area contributed by atoms with Gasteiger partial charge < -0.3 is 21.5 Å². The molecule has 0 saturated heterocycles. The molecule has 2 atom stereocenters. The van der Waals surface area contributed by atoms with Gasteiger partial charge in [-0.3, -0.25) is 4.79 Å². The number of hydrogen-bond donors (Lipinski definition) is 4. The predicted molar refractivity (Wildman–Crippen MR) is 80.4 cm³/mol. The Balaban J connectivity index is 2.83. The summed E-state index contributed by atoms with van der Waals surface area (Å²) < 4.78 is 0. The molecule has 6 nitrogen and oxygen atoms in total. The Kier molecular flexibility index (Phi) is 6.68. The van der Waals surface area contributed by atoms with Crippen molar-refractivity contribution in [1.82, 2.24) is 10.6 Å². The normalized spacial score (nSPS) is 13.5. The average molecular weight is 293 g/mol. The highest BCUT2D eigenvalue weighted by Gasteiger charge is 2.24. The van der Waals surface area contributed by atoms with Crippen molar-refractivity contribution in [2.75, 3.05) is 6.61 Å². The number of nitrogens with two attached hydrogens (primary N) is 1. The van der Waals surface area contributed by atoms with Gasteiger partial charge in [-0.05, 0) is 17.9 Å². The SMILES string of the molecule is CC(C)CC(CO)NC(=O)C(NC(N)=O)c1ccccc1. The van der Waals surface area contributed by atoms with Gasteiger partial charge in [0.05, 0.1) is 12.6 Å². The Bertz CT molecular complexity index is 462. The van der Waals surface area contributed by atoms with Crippen molar-refractivity contribution in [3.8, 4) is 0 Å². The molecule has 0 radical (unpaired) electrons. The molecule has 0 aromatic heterocycles. The van der Waals surface area contributed by atoms with E-state index in [0.717, 1.165) is 0 Å². The Morgan fingerprint density at radius 2 is 1.81 bits per heavy atom. The number of benzene rings is 1. The van der Waals surface area contributed by atoms with Crippen LogP contribution in [0.4, 0.5) is 4.79 Å². The monoisotopic (exact) mass is 293 g/mol. The van der Waals surface area contributed by atoms with Gasteiger partial charge in [0.2, 0.25) is 5.91 Å². The highest BCUT2D eigenvalue weighted by Crippen LogP contribution is 2.14. The van der Waals surface area contributed by atoms with Crippen molar-refractivity contribution >= 4 is 11.9 Å². The van der Waals surface area contributed by atoms with Gasteiger partial charge in [-0.25, -0.2) is 4.79 Å². The van der Waals surface area contributed by atoms with E-state index in [1.54, 1.807) is 24.3 Å². The molecular weight excluding hydrogens is 270 g/mol. The minimum atomic E-state index is -0.870. The van der Waals surface area contributed by atoms with Crippen LogP contribution in [0.15, 0.2) is 30.3 Å². The van der Waals surface area contributed by atoms with E-state index < -0.39 is 12.1 Å². The van der Waals surface area contributed by atoms with Crippen molar-refractivity contribution in [2.45, 2.75) is 32.4 Å². The first-order valence-electron chi connectivity index (χ1n) is 6.96. The summed E-state index contributed by atoms with van der Waals surface area (Å²) in [6, 6.07) is 6.84. The zero-order chi connectivity index (χ0) is 15.8. The second-order valence-electron chi connectivity index (χ2n) is 5.37. The van der Waals surface area contributed by atoms with Crippen molar-refractivity contribution in [3.05, 3.63) is 35.9 Å². The lowest BCUT2D eigenvalue weighted by Gasteiger charge is -2.23. The lowest BCUT2D eigenvalue weighted by molar-refractivity contribution is -0.124. The molecule has 21 heavy (non-hydrogen) atoms. The summed E-state index contributed by atoms with van der Waals surface area (Å²) >= 11 is 0. The van der Waals surface area contributed by atoms with Gasteiger partial charge in [0.1, 0.15) is 6.04 Å². The summed E-state index contributed by atoms with van der Waals surface area (Å²) in [4.78, 5) is 23.4. The molecular formula is C15H23N3O3. The number of aliphatic hydroxyl groups excluding tert-OH is 1. The third kappa shape index (κ3) is 5.83. The molecule has 0 spiro atoms. The molecule has 1 aromatic rings. The summed E-state index contributed by atoms with van der Waals surface area (Å²) in [6.45, 7) is 3.86. The van der Waals surface area contributed by atoms with Crippen molar-refractivity contribution < 1.29 is 14.7 Å². The van der Waals surface area contributed by atoms with E-state index in [4.69, 9.17) is 5.73 Å². The topological polar surface area (TPSA) is 104 Å². The van der Waals surface area contributed by atoms with Crippen LogP contribution in [0.2, 0.25) is 0 Å². The number of rotatable bonds is 7. The van der Waals surface area contributed by atoms with Gasteiger partial charge in [0.15, 0.2) is 0 Å². The molecule has 0 aliphatic heterocycles. The molecule has 1 aromatic carbocycles. The summed E-state index contributed by atoms with van der Waals surface area (Å²) in [5.41, 5.74) is 5.77. The van der Waals surface area contributed by atoms with Crippen LogP contribution in [-0.4, -0.2) is 29.7 Å².